The summed E-state index contributed by atoms with van der Waals surface area (Å²) in [6.07, 6.45) is 2.79. The predicted molar refractivity (Wildman–Crippen MR) is 83.1 cm³/mol. The minimum Gasteiger partial charge on any atom is -0.319 e. The van der Waals surface area contributed by atoms with Gasteiger partial charge in [-0.1, -0.05) is 52.0 Å². The van der Waals surface area contributed by atoms with Crippen LogP contribution in [0.3, 0.4) is 0 Å². The zero-order chi connectivity index (χ0) is 13.8. The fraction of sp³-hybridized carbons (Fsp3) is 0.571. The van der Waals surface area contributed by atoms with Crippen LogP contribution in [-0.2, 0) is 9.13 Å². The molecule has 1 rings (SSSR count). The molecule has 0 bridgehead atoms. The fourth-order valence-electron chi connectivity index (χ4n) is 2.17. The van der Waals surface area contributed by atoms with E-state index in [0.717, 1.165) is 10.6 Å². The Morgan fingerprint density at radius 1 is 0.667 bits per heavy atom. The Morgan fingerprint density at radius 3 is 1.06 bits per heavy atom. The van der Waals surface area contributed by atoms with Gasteiger partial charge in [0.25, 0.3) is 0 Å². The Labute approximate surface area is 111 Å². The van der Waals surface area contributed by atoms with Crippen molar-refractivity contribution in [3.63, 3.8) is 0 Å². The van der Waals surface area contributed by atoms with Gasteiger partial charge in [-0.05, 0) is 0 Å². The first-order chi connectivity index (χ1) is 8.45. The van der Waals surface area contributed by atoms with Gasteiger partial charge in [-0.2, -0.15) is 0 Å². The Balaban J connectivity index is 3.15. The minimum absolute atomic E-state index is 0.696. The third kappa shape index (κ3) is 2.98. The van der Waals surface area contributed by atoms with Gasteiger partial charge in [-0.25, -0.2) is 0 Å². The first kappa shape index (κ1) is 15.7. The van der Waals surface area contributed by atoms with E-state index in [9.17, 15) is 9.13 Å². The van der Waals surface area contributed by atoms with Crippen molar-refractivity contribution in [2.75, 3.05) is 24.6 Å². The Kier molecular flexibility index (Phi) is 5.44. The zero-order valence-corrected chi connectivity index (χ0v) is 13.6. The smallest absolute Gasteiger partial charge is 0.115 e. The second-order valence-electron chi connectivity index (χ2n) is 4.56. The molecule has 0 heterocycles. The first-order valence-electron chi connectivity index (χ1n) is 6.73. The van der Waals surface area contributed by atoms with E-state index in [1.165, 1.54) is 0 Å². The van der Waals surface area contributed by atoms with Crippen LogP contribution in [-0.4, -0.2) is 24.6 Å². The summed E-state index contributed by atoms with van der Waals surface area (Å²) in [6, 6.07) is 7.67. The topological polar surface area (TPSA) is 34.1 Å². The molecule has 0 aromatic heterocycles. The van der Waals surface area contributed by atoms with E-state index >= 15 is 0 Å². The van der Waals surface area contributed by atoms with Crippen LogP contribution < -0.4 is 10.6 Å². The van der Waals surface area contributed by atoms with Crippen LogP contribution in [0.2, 0.25) is 0 Å². The van der Waals surface area contributed by atoms with Gasteiger partial charge >= 0.3 is 0 Å². The average molecular weight is 286 g/mol. The van der Waals surface area contributed by atoms with Gasteiger partial charge in [-0.3, -0.25) is 0 Å². The highest BCUT2D eigenvalue weighted by atomic mass is 31.2. The summed E-state index contributed by atoms with van der Waals surface area (Å²) in [5, 5.41) is 1.85. The number of rotatable bonds is 6. The van der Waals surface area contributed by atoms with Crippen LogP contribution in [0.1, 0.15) is 27.7 Å². The van der Waals surface area contributed by atoms with Crippen LogP contribution >= 0.6 is 14.3 Å². The zero-order valence-electron chi connectivity index (χ0n) is 11.8. The molecule has 0 aliphatic carbocycles. The van der Waals surface area contributed by atoms with Gasteiger partial charge in [0.2, 0.25) is 0 Å². The molecule has 0 N–H and O–H groups in total. The summed E-state index contributed by atoms with van der Waals surface area (Å²) in [6.45, 7) is 7.89. The van der Waals surface area contributed by atoms with Crippen molar-refractivity contribution in [2.45, 2.75) is 27.7 Å². The first-order valence-corrected chi connectivity index (χ1v) is 10.9. The largest absolute Gasteiger partial charge is 0.319 e. The summed E-state index contributed by atoms with van der Waals surface area (Å²) >= 11 is 0. The van der Waals surface area contributed by atoms with Gasteiger partial charge in [0.15, 0.2) is 0 Å². The van der Waals surface area contributed by atoms with E-state index < -0.39 is 14.3 Å². The molecular weight excluding hydrogens is 262 g/mol. The number of hydrogen-bond acceptors (Lipinski definition) is 2. The number of hydrogen-bond donors (Lipinski definition) is 0. The summed E-state index contributed by atoms with van der Waals surface area (Å²) in [5.74, 6) is 0. The third-order valence-electron chi connectivity index (χ3n) is 3.83. The maximum Gasteiger partial charge on any atom is 0.115 e. The van der Waals surface area contributed by atoms with Crippen LogP contribution in [0, 0.1) is 0 Å². The monoisotopic (exact) mass is 286 g/mol. The summed E-state index contributed by atoms with van der Waals surface area (Å²) in [7, 11) is -4.42. The molecule has 2 nitrogen and oxygen atoms in total. The normalized spacial score (nSPS) is 12.7. The highest BCUT2D eigenvalue weighted by molar-refractivity contribution is 7.72. The van der Waals surface area contributed by atoms with Crippen molar-refractivity contribution in [3.8, 4) is 0 Å². The van der Waals surface area contributed by atoms with Gasteiger partial charge in [0.05, 0.1) is 0 Å². The van der Waals surface area contributed by atoms with Gasteiger partial charge in [-0.15, -0.1) is 0 Å². The molecule has 0 fully saturated rings. The predicted octanol–water partition coefficient (Wildman–Crippen LogP) is 3.74. The van der Waals surface area contributed by atoms with Crippen LogP contribution in [0.5, 0.6) is 0 Å². The summed E-state index contributed by atoms with van der Waals surface area (Å²) < 4.78 is 25.2. The van der Waals surface area contributed by atoms with E-state index in [2.05, 4.69) is 0 Å². The average Bonchev–Trinajstić information content (AvgIpc) is 2.45. The molecule has 4 heteroatoms. The van der Waals surface area contributed by atoms with Crippen LogP contribution in [0.25, 0.3) is 0 Å². The lowest BCUT2D eigenvalue weighted by Gasteiger charge is -2.18. The van der Waals surface area contributed by atoms with Gasteiger partial charge in [0.1, 0.15) is 14.3 Å². The Bertz CT molecular complexity index is 416. The van der Waals surface area contributed by atoms with E-state index in [1.54, 1.807) is 0 Å². The van der Waals surface area contributed by atoms with Gasteiger partial charge in [0, 0.05) is 35.3 Å². The number of benzene rings is 1. The van der Waals surface area contributed by atoms with Crippen molar-refractivity contribution < 1.29 is 9.13 Å². The Morgan fingerprint density at radius 2 is 0.889 bits per heavy atom. The lowest BCUT2D eigenvalue weighted by atomic mass is 10.4. The van der Waals surface area contributed by atoms with Crippen molar-refractivity contribution in [2.24, 2.45) is 0 Å². The SMILES string of the molecule is CCP(=O)(CC)c1ccc(P(=O)(CC)CC)cc1. The molecule has 102 valence electrons. The standard InChI is InChI=1S/C14H24O2P2/c1-5-17(15,6-2)13-9-11-14(12-10-13)18(16,7-3)8-4/h9-12H,5-8H2,1-4H3. The second-order valence-corrected chi connectivity index (χ2v) is 11.7. The molecule has 0 aliphatic rings. The van der Waals surface area contributed by atoms with E-state index in [0.29, 0.717) is 24.6 Å². The molecular formula is C14H24O2P2. The van der Waals surface area contributed by atoms with Crippen molar-refractivity contribution >= 4 is 24.9 Å². The van der Waals surface area contributed by atoms with E-state index in [4.69, 9.17) is 0 Å². The highest BCUT2D eigenvalue weighted by Crippen LogP contribution is 2.45. The van der Waals surface area contributed by atoms with E-state index in [1.807, 2.05) is 52.0 Å². The van der Waals surface area contributed by atoms with Crippen LogP contribution in [0.15, 0.2) is 24.3 Å². The molecule has 18 heavy (non-hydrogen) atoms. The summed E-state index contributed by atoms with van der Waals surface area (Å²) in [5.41, 5.74) is 0. The third-order valence-corrected chi connectivity index (χ3v) is 10.4. The van der Waals surface area contributed by atoms with E-state index in [-0.39, 0.29) is 0 Å². The quantitative estimate of drug-likeness (QED) is 0.746. The molecule has 0 radical (unpaired) electrons. The lowest BCUT2D eigenvalue weighted by Crippen LogP contribution is -2.14. The molecule has 0 saturated carbocycles. The second kappa shape index (κ2) is 6.22. The van der Waals surface area contributed by atoms with Crippen molar-refractivity contribution in [1.29, 1.82) is 0 Å². The molecule has 0 spiro atoms. The molecule has 0 aliphatic heterocycles. The summed E-state index contributed by atoms with van der Waals surface area (Å²) in [4.78, 5) is 0. The molecule has 0 saturated heterocycles. The Hall–Kier alpha value is -0.320. The van der Waals surface area contributed by atoms with Crippen molar-refractivity contribution in [1.82, 2.24) is 0 Å². The highest BCUT2D eigenvalue weighted by Gasteiger charge is 2.23. The fourth-order valence-corrected chi connectivity index (χ4v) is 5.91. The molecule has 1 aromatic carbocycles. The molecule has 0 atom stereocenters. The van der Waals surface area contributed by atoms with Crippen LogP contribution in [0.4, 0.5) is 0 Å². The molecule has 1 aromatic rings. The maximum absolute atomic E-state index is 12.6. The molecule has 0 amide bonds. The maximum atomic E-state index is 12.6. The minimum atomic E-state index is -2.21. The van der Waals surface area contributed by atoms with Crippen molar-refractivity contribution in [3.05, 3.63) is 24.3 Å². The van der Waals surface area contributed by atoms with Gasteiger partial charge < -0.3 is 9.13 Å². The lowest BCUT2D eigenvalue weighted by molar-refractivity contribution is 0.581. The molecule has 0 unspecified atom stereocenters.